The van der Waals surface area contributed by atoms with E-state index in [1.165, 1.54) is 149 Å². The molecule has 0 saturated carbocycles. The molecule has 101 heavy (non-hydrogen) atoms. The van der Waals surface area contributed by atoms with Crippen molar-refractivity contribution in [1.82, 2.24) is 0 Å². The fraction of sp³-hybridized carbons (Fsp3) is 0. The summed E-state index contributed by atoms with van der Waals surface area (Å²) in [6, 6.07) is 135. The van der Waals surface area contributed by atoms with Gasteiger partial charge in [-0.3, -0.25) is 0 Å². The highest BCUT2D eigenvalue weighted by molar-refractivity contribution is 7.26. The number of benzene rings is 18. The van der Waals surface area contributed by atoms with Crippen LogP contribution in [0.2, 0.25) is 5.02 Å². The molecule has 5 heteroatoms. The summed E-state index contributed by atoms with van der Waals surface area (Å²) in [4.78, 5) is 2.39. The third-order valence-electron chi connectivity index (χ3n) is 19.6. The van der Waals surface area contributed by atoms with Crippen molar-refractivity contribution in [2.45, 2.75) is 0 Å². The normalized spacial score (nSPS) is 11.4. The third-order valence-corrected chi connectivity index (χ3v) is 22.1. The summed E-state index contributed by atoms with van der Waals surface area (Å²) in [6.07, 6.45) is 0. The van der Waals surface area contributed by atoms with E-state index in [0.717, 1.165) is 33.5 Å². The molecular weight excluding hydrogens is 1280 g/mol. The predicted octanol–water partition coefficient (Wildman–Crippen LogP) is 29.2. The van der Waals surface area contributed by atoms with Crippen molar-refractivity contribution in [3.8, 4) is 44.5 Å². The van der Waals surface area contributed by atoms with Crippen LogP contribution in [0.15, 0.2) is 376 Å². The number of anilines is 5. The van der Waals surface area contributed by atoms with Crippen molar-refractivity contribution in [3.63, 3.8) is 0 Å². The molecule has 0 saturated heterocycles. The van der Waals surface area contributed by atoms with Crippen LogP contribution in [0.1, 0.15) is 0 Å². The van der Waals surface area contributed by atoms with E-state index in [-0.39, 0.29) is 0 Å². The lowest BCUT2D eigenvalue weighted by Gasteiger charge is -2.26. The van der Waals surface area contributed by atoms with Gasteiger partial charge in [0.05, 0.1) is 0 Å². The number of rotatable bonds is 9. The first-order valence-electron chi connectivity index (χ1n) is 34.2. The molecule has 0 aliphatic rings. The van der Waals surface area contributed by atoms with Gasteiger partial charge in [-0.15, -0.1) is 22.7 Å². The smallest absolute Gasteiger partial charge is 0.0468 e. The van der Waals surface area contributed by atoms with E-state index in [2.05, 4.69) is 374 Å². The van der Waals surface area contributed by atoms with Crippen LogP contribution in [0.5, 0.6) is 0 Å². The Balaban J connectivity index is 0.000000121. The van der Waals surface area contributed by atoms with Gasteiger partial charge in [0, 0.05) is 73.8 Å². The number of fused-ring (bicyclic) bond motifs is 14. The first kappa shape index (κ1) is 61.2. The molecule has 20 aromatic rings. The lowest BCUT2D eigenvalue weighted by Crippen LogP contribution is -2.09. The fourth-order valence-corrected chi connectivity index (χ4v) is 16.9. The Morgan fingerprint density at radius 1 is 0.208 bits per heavy atom. The Morgan fingerprint density at radius 2 is 0.554 bits per heavy atom. The first-order chi connectivity index (χ1) is 49.9. The summed E-state index contributed by atoms with van der Waals surface area (Å²) >= 11 is 9.72. The first-order valence-corrected chi connectivity index (χ1v) is 36.2. The van der Waals surface area contributed by atoms with Crippen molar-refractivity contribution in [3.05, 3.63) is 381 Å². The van der Waals surface area contributed by atoms with E-state index in [4.69, 9.17) is 11.6 Å². The maximum absolute atomic E-state index is 6.01. The van der Waals surface area contributed by atoms with Gasteiger partial charge in [0.2, 0.25) is 0 Å². The zero-order valence-corrected chi connectivity index (χ0v) is 57.3. The molecular formula is C96H63ClN2S2. The molecule has 0 atom stereocenters. The van der Waals surface area contributed by atoms with E-state index >= 15 is 0 Å². The Kier molecular flexibility index (Phi) is 16.1. The molecule has 0 amide bonds. The molecule has 1 N–H and O–H groups in total. The molecule has 0 aliphatic heterocycles. The number of nitrogens with one attached hydrogen (secondary N) is 1. The highest BCUT2D eigenvalue weighted by atomic mass is 35.5. The van der Waals surface area contributed by atoms with Gasteiger partial charge in [-0.2, -0.15) is 0 Å². The molecule has 2 heterocycles. The van der Waals surface area contributed by atoms with Crippen LogP contribution in [0.25, 0.3) is 149 Å². The molecule has 0 unspecified atom stereocenters. The average Bonchev–Trinajstić information content (AvgIpc) is 1.27. The summed E-state index contributed by atoms with van der Waals surface area (Å²) in [5.74, 6) is 0. The van der Waals surface area contributed by atoms with Gasteiger partial charge in [0.15, 0.2) is 0 Å². The minimum absolute atomic E-state index is 0.767. The summed E-state index contributed by atoms with van der Waals surface area (Å²) in [7, 11) is 0. The molecule has 0 fully saturated rings. The van der Waals surface area contributed by atoms with Crippen molar-refractivity contribution >= 4 is 168 Å². The van der Waals surface area contributed by atoms with Gasteiger partial charge in [0.25, 0.3) is 0 Å². The second-order valence-electron chi connectivity index (χ2n) is 25.7. The molecule has 476 valence electrons. The van der Waals surface area contributed by atoms with Crippen LogP contribution in [-0.4, -0.2) is 0 Å². The number of nitrogens with zero attached hydrogens (tertiary/aromatic N) is 1. The molecule has 0 bridgehead atoms. The molecule has 0 radical (unpaired) electrons. The Hall–Kier alpha value is -12.2. The number of hydrogen-bond acceptors (Lipinski definition) is 4. The fourth-order valence-electron chi connectivity index (χ4n) is 14.6. The SMILES string of the molecule is Clc1ccc(-c2cc3ccccc3c3ccccc23)cc1.c1ccc2cc(-c3ccc(N(c4ccc(-c5cc6ccccc6c6ccccc56)cc4)c4ccc5sc6ccccc6c5c4)cc3)ccc2c1.c1ccc2cc(-c3ccc(Nc4ccc5sc6ccccc6c5c4)cc3)ccc2c1. The molecule has 0 spiro atoms. The maximum Gasteiger partial charge on any atom is 0.0468 e. The highest BCUT2D eigenvalue weighted by Crippen LogP contribution is 2.44. The van der Waals surface area contributed by atoms with Crippen LogP contribution < -0.4 is 10.2 Å². The number of thiophene rings is 2. The standard InChI is InChI=1S/C48H31NS.C28H19NS.C20H13Cl/c1-2-10-35-29-36(18-17-32(35)9-1)33-19-23-38(24-20-33)49(40-27-28-48-46(31-40)44-15-7-8-16-47(44)50-48)39-25-21-34(22-26-39)45-30-37-11-3-4-12-41(37)42-13-5-6-14-43(42)45;1-2-6-21-17-22(10-9-19(21)5-1)20-11-13-23(14-12-20)29-24-15-16-28-26(18-24)25-7-3-4-8-27(25)30-28;21-16-11-9-14(10-12-16)20-13-15-5-1-2-6-17(15)18-7-3-4-8-19(18)20/h1-31H;1-18,29H;1-13H. The predicted molar refractivity (Wildman–Crippen MR) is 441 cm³/mol. The van der Waals surface area contributed by atoms with Gasteiger partial charge >= 0.3 is 0 Å². The van der Waals surface area contributed by atoms with E-state index in [1.807, 2.05) is 34.8 Å². The van der Waals surface area contributed by atoms with Crippen LogP contribution >= 0.6 is 34.3 Å². The Labute approximate surface area is 599 Å². The van der Waals surface area contributed by atoms with Crippen molar-refractivity contribution in [2.75, 3.05) is 10.2 Å². The second-order valence-corrected chi connectivity index (χ2v) is 28.3. The van der Waals surface area contributed by atoms with E-state index in [1.54, 1.807) is 0 Å². The topological polar surface area (TPSA) is 15.3 Å². The van der Waals surface area contributed by atoms with Gasteiger partial charge < -0.3 is 10.2 Å². The zero-order valence-electron chi connectivity index (χ0n) is 54.9. The molecule has 20 rings (SSSR count). The zero-order chi connectivity index (χ0) is 67.2. The molecule has 18 aromatic carbocycles. The third kappa shape index (κ3) is 12.0. The van der Waals surface area contributed by atoms with Crippen molar-refractivity contribution < 1.29 is 0 Å². The monoisotopic (exact) mass is 1340 g/mol. The van der Waals surface area contributed by atoms with Crippen LogP contribution in [0, 0.1) is 0 Å². The minimum atomic E-state index is 0.767. The van der Waals surface area contributed by atoms with Gasteiger partial charge in [-0.05, 0) is 230 Å². The van der Waals surface area contributed by atoms with Gasteiger partial charge in [-0.25, -0.2) is 0 Å². The summed E-state index contributed by atoms with van der Waals surface area (Å²) in [6.45, 7) is 0. The quantitative estimate of drug-likeness (QED) is 0.145. The maximum atomic E-state index is 6.01. The van der Waals surface area contributed by atoms with Crippen LogP contribution in [-0.2, 0) is 0 Å². The van der Waals surface area contributed by atoms with E-state index < -0.39 is 0 Å². The largest absolute Gasteiger partial charge is 0.356 e. The van der Waals surface area contributed by atoms with E-state index in [9.17, 15) is 0 Å². The number of halogens is 1. The lowest BCUT2D eigenvalue weighted by molar-refractivity contribution is 1.29. The molecule has 2 nitrogen and oxygen atoms in total. The Bertz CT molecular complexity index is 6490. The summed E-state index contributed by atoms with van der Waals surface area (Å²) < 4.78 is 5.29. The summed E-state index contributed by atoms with van der Waals surface area (Å²) in [5.41, 5.74) is 15.4. The lowest BCUT2D eigenvalue weighted by atomic mass is 9.93. The van der Waals surface area contributed by atoms with Crippen LogP contribution in [0.3, 0.4) is 0 Å². The van der Waals surface area contributed by atoms with Gasteiger partial charge in [0.1, 0.15) is 0 Å². The van der Waals surface area contributed by atoms with Crippen molar-refractivity contribution in [2.24, 2.45) is 0 Å². The molecule has 0 aliphatic carbocycles. The second kappa shape index (κ2) is 26.6. The minimum Gasteiger partial charge on any atom is -0.356 e. The van der Waals surface area contributed by atoms with Gasteiger partial charge in [-0.1, -0.05) is 266 Å². The van der Waals surface area contributed by atoms with E-state index in [0.29, 0.717) is 0 Å². The molecule has 2 aromatic heterocycles. The van der Waals surface area contributed by atoms with Crippen LogP contribution in [0.4, 0.5) is 28.4 Å². The summed E-state index contributed by atoms with van der Waals surface area (Å²) in [5, 5.41) is 24.9. The van der Waals surface area contributed by atoms with Crippen molar-refractivity contribution in [1.29, 1.82) is 0 Å². The highest BCUT2D eigenvalue weighted by Gasteiger charge is 2.18. The average molecular weight is 1340 g/mol. The Morgan fingerprint density at radius 3 is 1.06 bits per heavy atom. The number of hydrogen-bond donors (Lipinski definition) is 1.